The van der Waals surface area contributed by atoms with Gasteiger partial charge >= 0.3 is 0 Å². The van der Waals surface area contributed by atoms with Crippen molar-refractivity contribution in [3.05, 3.63) is 38.9 Å². The van der Waals surface area contributed by atoms with Gasteiger partial charge in [-0.2, -0.15) is 0 Å². The molecule has 1 aromatic heterocycles. The Morgan fingerprint density at radius 3 is 3.06 bits per heavy atom. The molecule has 1 aliphatic heterocycles. The molecule has 5 heteroatoms. The number of benzene rings is 1. The lowest BCUT2D eigenvalue weighted by molar-refractivity contribution is 0.186. The van der Waals surface area contributed by atoms with E-state index in [4.69, 9.17) is 4.74 Å². The third kappa shape index (κ3) is 1.78. The van der Waals surface area contributed by atoms with E-state index in [1.165, 1.54) is 0 Å². The zero-order valence-electron chi connectivity index (χ0n) is 10.0. The summed E-state index contributed by atoms with van der Waals surface area (Å²) in [4.78, 5) is 16.9. The van der Waals surface area contributed by atoms with Crippen LogP contribution in [0.3, 0.4) is 0 Å². The van der Waals surface area contributed by atoms with Crippen LogP contribution in [0.1, 0.15) is 18.0 Å². The maximum absolute atomic E-state index is 12.5. The van der Waals surface area contributed by atoms with Crippen LogP contribution in [0.15, 0.2) is 27.7 Å². The first kappa shape index (κ1) is 11.9. The second kappa shape index (κ2) is 4.48. The summed E-state index contributed by atoms with van der Waals surface area (Å²) in [5, 5.41) is 0.693. The van der Waals surface area contributed by atoms with Gasteiger partial charge in [0, 0.05) is 11.1 Å². The van der Waals surface area contributed by atoms with Crippen LogP contribution in [0, 0.1) is 6.92 Å². The van der Waals surface area contributed by atoms with Gasteiger partial charge < -0.3 is 4.74 Å². The van der Waals surface area contributed by atoms with Crippen LogP contribution < -0.4 is 5.56 Å². The normalized spacial score (nSPS) is 19.6. The molecule has 0 radical (unpaired) electrons. The highest BCUT2D eigenvalue weighted by Crippen LogP contribution is 2.23. The highest BCUT2D eigenvalue weighted by molar-refractivity contribution is 9.10. The lowest BCUT2D eigenvalue weighted by atomic mass is 10.1. The molecule has 4 nitrogen and oxygen atoms in total. The first-order valence-electron chi connectivity index (χ1n) is 5.92. The maximum atomic E-state index is 12.5. The van der Waals surface area contributed by atoms with Crippen molar-refractivity contribution < 1.29 is 4.74 Å². The van der Waals surface area contributed by atoms with Gasteiger partial charge in [0.2, 0.25) is 0 Å². The Balaban J connectivity index is 2.27. The number of fused-ring (bicyclic) bond motifs is 1. The average molecular weight is 309 g/mol. The highest BCUT2D eigenvalue weighted by Gasteiger charge is 2.20. The molecule has 1 atom stereocenters. The van der Waals surface area contributed by atoms with Gasteiger partial charge in [-0.25, -0.2) is 4.98 Å². The van der Waals surface area contributed by atoms with E-state index < -0.39 is 0 Å². The topological polar surface area (TPSA) is 44.1 Å². The third-order valence-electron chi connectivity index (χ3n) is 3.45. The molecule has 1 aliphatic rings. The molecule has 1 unspecified atom stereocenters. The van der Waals surface area contributed by atoms with E-state index in [0.717, 1.165) is 22.0 Å². The molecule has 0 bridgehead atoms. The molecule has 0 saturated carbocycles. The summed E-state index contributed by atoms with van der Waals surface area (Å²) < 4.78 is 7.98. The maximum Gasteiger partial charge on any atom is 0.261 e. The molecule has 1 saturated heterocycles. The number of aromatic nitrogens is 2. The van der Waals surface area contributed by atoms with Gasteiger partial charge in [0.25, 0.3) is 5.56 Å². The van der Waals surface area contributed by atoms with Crippen LogP contribution in [-0.2, 0) is 4.74 Å². The molecule has 0 amide bonds. The van der Waals surface area contributed by atoms with Gasteiger partial charge in [0.1, 0.15) is 0 Å². The molecular formula is C13H13BrN2O2. The van der Waals surface area contributed by atoms with E-state index in [-0.39, 0.29) is 11.6 Å². The number of halogens is 1. The van der Waals surface area contributed by atoms with Gasteiger partial charge in [-0.1, -0.05) is 15.9 Å². The standard InChI is InChI=1S/C13H13BrN2O2/c1-8-10(14)2-3-11-12(8)13(17)16(7-15-11)9-4-5-18-6-9/h2-3,7,9H,4-6H2,1H3. The molecule has 18 heavy (non-hydrogen) atoms. The number of ether oxygens (including phenoxy) is 1. The first-order chi connectivity index (χ1) is 8.68. The van der Waals surface area contributed by atoms with Gasteiger partial charge in [0.05, 0.1) is 29.9 Å². The summed E-state index contributed by atoms with van der Waals surface area (Å²) in [5.74, 6) is 0. The Hall–Kier alpha value is -1.20. The molecule has 2 aromatic rings. The summed E-state index contributed by atoms with van der Waals surface area (Å²) in [5.41, 5.74) is 1.71. The van der Waals surface area contributed by atoms with Crippen LogP contribution in [0.5, 0.6) is 0 Å². The second-order valence-corrected chi connectivity index (χ2v) is 5.40. The fraction of sp³-hybridized carbons (Fsp3) is 0.385. The van der Waals surface area contributed by atoms with Crippen molar-refractivity contribution in [3.63, 3.8) is 0 Å². The van der Waals surface area contributed by atoms with E-state index >= 15 is 0 Å². The van der Waals surface area contributed by atoms with Crippen molar-refractivity contribution in [2.45, 2.75) is 19.4 Å². The summed E-state index contributed by atoms with van der Waals surface area (Å²) in [7, 11) is 0. The minimum Gasteiger partial charge on any atom is -0.379 e. The van der Waals surface area contributed by atoms with Crippen LogP contribution >= 0.6 is 15.9 Å². The smallest absolute Gasteiger partial charge is 0.261 e. The summed E-state index contributed by atoms with van der Waals surface area (Å²) in [6.45, 7) is 3.25. The lowest BCUT2D eigenvalue weighted by Gasteiger charge is -2.13. The van der Waals surface area contributed by atoms with Crippen LogP contribution in [0.4, 0.5) is 0 Å². The molecular weight excluding hydrogens is 296 g/mol. The summed E-state index contributed by atoms with van der Waals surface area (Å²) in [6, 6.07) is 3.91. The SMILES string of the molecule is Cc1c(Br)ccc2ncn(C3CCOC3)c(=O)c12. The Kier molecular flexibility index (Phi) is 2.95. The molecule has 0 N–H and O–H groups in total. The zero-order chi connectivity index (χ0) is 12.7. The van der Waals surface area contributed by atoms with Gasteiger partial charge in [-0.15, -0.1) is 0 Å². The molecule has 0 spiro atoms. The quantitative estimate of drug-likeness (QED) is 0.812. The number of hydrogen-bond donors (Lipinski definition) is 0. The van der Waals surface area contributed by atoms with E-state index in [2.05, 4.69) is 20.9 Å². The largest absolute Gasteiger partial charge is 0.379 e. The molecule has 2 heterocycles. The van der Waals surface area contributed by atoms with Crippen molar-refractivity contribution in [1.29, 1.82) is 0 Å². The fourth-order valence-corrected chi connectivity index (χ4v) is 2.69. The van der Waals surface area contributed by atoms with Crippen molar-refractivity contribution in [2.24, 2.45) is 0 Å². The van der Waals surface area contributed by atoms with Crippen LogP contribution in [-0.4, -0.2) is 22.8 Å². The first-order valence-corrected chi connectivity index (χ1v) is 6.71. The predicted octanol–water partition coefficient (Wildman–Crippen LogP) is 2.43. The van der Waals surface area contributed by atoms with E-state index in [1.54, 1.807) is 10.9 Å². The minimum atomic E-state index is 0.0225. The number of aryl methyl sites for hydroxylation is 1. The Morgan fingerprint density at radius 1 is 1.50 bits per heavy atom. The monoisotopic (exact) mass is 308 g/mol. The predicted molar refractivity (Wildman–Crippen MR) is 72.9 cm³/mol. The third-order valence-corrected chi connectivity index (χ3v) is 4.30. The number of rotatable bonds is 1. The van der Waals surface area contributed by atoms with E-state index in [0.29, 0.717) is 18.6 Å². The van der Waals surface area contributed by atoms with Crippen molar-refractivity contribution in [3.8, 4) is 0 Å². The van der Waals surface area contributed by atoms with Gasteiger partial charge in [-0.05, 0) is 31.0 Å². The molecule has 1 fully saturated rings. The Morgan fingerprint density at radius 2 is 2.33 bits per heavy atom. The summed E-state index contributed by atoms with van der Waals surface area (Å²) >= 11 is 3.46. The molecule has 94 valence electrons. The average Bonchev–Trinajstić information content (AvgIpc) is 2.87. The Bertz CT molecular complexity index is 660. The lowest BCUT2D eigenvalue weighted by Crippen LogP contribution is -2.26. The van der Waals surface area contributed by atoms with Gasteiger partial charge in [0.15, 0.2) is 0 Å². The fourth-order valence-electron chi connectivity index (χ4n) is 2.36. The number of nitrogens with zero attached hydrogens (tertiary/aromatic N) is 2. The van der Waals surface area contributed by atoms with Crippen molar-refractivity contribution >= 4 is 26.8 Å². The van der Waals surface area contributed by atoms with Crippen LogP contribution in [0.2, 0.25) is 0 Å². The highest BCUT2D eigenvalue weighted by atomic mass is 79.9. The summed E-state index contributed by atoms with van der Waals surface area (Å²) in [6.07, 6.45) is 2.51. The minimum absolute atomic E-state index is 0.0225. The van der Waals surface area contributed by atoms with Crippen molar-refractivity contribution in [2.75, 3.05) is 13.2 Å². The Labute approximate surface area is 113 Å². The van der Waals surface area contributed by atoms with Gasteiger partial charge in [-0.3, -0.25) is 9.36 Å². The molecule has 3 rings (SSSR count). The van der Waals surface area contributed by atoms with E-state index in [1.807, 2.05) is 19.1 Å². The van der Waals surface area contributed by atoms with Crippen molar-refractivity contribution in [1.82, 2.24) is 9.55 Å². The molecule has 1 aromatic carbocycles. The second-order valence-electron chi connectivity index (χ2n) is 4.54. The van der Waals surface area contributed by atoms with Crippen LogP contribution in [0.25, 0.3) is 10.9 Å². The molecule has 0 aliphatic carbocycles. The zero-order valence-corrected chi connectivity index (χ0v) is 11.6. The van der Waals surface area contributed by atoms with E-state index in [9.17, 15) is 4.79 Å². The number of hydrogen-bond acceptors (Lipinski definition) is 3.